The molecule has 636 valence electrons. The number of nitrogens with zero attached hydrogens (tertiary/aromatic N) is 17. The number of ether oxygens (including phenoxy) is 3. The summed E-state index contributed by atoms with van der Waals surface area (Å²) in [6, 6.07) is 42.6. The van der Waals surface area contributed by atoms with Gasteiger partial charge in [0.05, 0.1) is 68.5 Å². The van der Waals surface area contributed by atoms with Crippen LogP contribution in [-0.4, -0.2) is 240 Å². The Bertz CT molecular complexity index is 5220. The molecule has 3 amide bonds. The molecule has 5 fully saturated rings. The van der Waals surface area contributed by atoms with Gasteiger partial charge in [-0.3, -0.25) is 14.4 Å². The maximum atomic E-state index is 12.5. The van der Waals surface area contributed by atoms with E-state index in [2.05, 4.69) is 146 Å². The first-order valence-electron chi connectivity index (χ1n) is 42.8. The number of carbonyl (C=O) groups excluding carboxylic acids is 3. The summed E-state index contributed by atoms with van der Waals surface area (Å²) in [7, 11) is 2.14. The molecule has 17 rings (SSSR count). The van der Waals surface area contributed by atoms with Crippen molar-refractivity contribution in [2.24, 2.45) is 5.92 Å². The van der Waals surface area contributed by atoms with Crippen molar-refractivity contribution in [3.8, 4) is 35.6 Å². The lowest BCUT2D eigenvalue weighted by molar-refractivity contribution is -0.128. The van der Waals surface area contributed by atoms with Gasteiger partial charge in [0.2, 0.25) is 17.7 Å². The second-order valence-corrected chi connectivity index (χ2v) is 32.7. The number of hydrogen-bond donors (Lipinski definition) is 4. The number of nitriles is 1. The van der Waals surface area contributed by atoms with Crippen LogP contribution in [0.15, 0.2) is 153 Å². The first-order valence-corrected chi connectivity index (χ1v) is 42.8. The number of fused-ring (bicyclic) bond motifs is 6. The zero-order chi connectivity index (χ0) is 83.2. The Labute approximate surface area is 716 Å². The number of carbonyl (C=O) groups is 3. The van der Waals surface area contributed by atoms with E-state index < -0.39 is 0 Å². The molecular formula is C93H115N19O8S. The average molecular weight is 1660 g/mol. The zero-order valence-electron chi connectivity index (χ0n) is 70.1. The van der Waals surface area contributed by atoms with E-state index in [1.54, 1.807) is 17.0 Å². The summed E-state index contributed by atoms with van der Waals surface area (Å²) in [4.78, 5) is 87.8. The minimum absolute atomic E-state index is 0. The van der Waals surface area contributed by atoms with Crippen molar-refractivity contribution in [1.29, 1.82) is 5.26 Å². The van der Waals surface area contributed by atoms with Crippen molar-refractivity contribution in [3.63, 3.8) is 0 Å². The topological polar surface area (TPSA) is 277 Å². The molecule has 27 nitrogen and oxygen atoms in total. The summed E-state index contributed by atoms with van der Waals surface area (Å²) in [5.41, 5.74) is 9.51. The first-order chi connectivity index (χ1) is 58.6. The number of nitrogens with one attached hydrogen (secondary N) is 2. The molecule has 121 heavy (non-hydrogen) atoms. The molecule has 0 radical (unpaired) electrons. The Morgan fingerprint density at radius 1 is 0.529 bits per heavy atom. The van der Waals surface area contributed by atoms with Crippen LogP contribution >= 0.6 is 13.5 Å². The van der Waals surface area contributed by atoms with E-state index in [-0.39, 0.29) is 55.2 Å². The molecule has 5 saturated heterocycles. The number of likely N-dealkylation sites (N-methyl/N-ethyl adjacent to an activating group) is 1. The van der Waals surface area contributed by atoms with Crippen molar-refractivity contribution in [1.82, 2.24) is 60.1 Å². The van der Waals surface area contributed by atoms with E-state index in [4.69, 9.17) is 44.1 Å². The zero-order valence-corrected chi connectivity index (χ0v) is 71.1. The van der Waals surface area contributed by atoms with Gasteiger partial charge in [-0.1, -0.05) is 119 Å². The lowest BCUT2D eigenvalue weighted by atomic mass is 10.0. The summed E-state index contributed by atoms with van der Waals surface area (Å²) in [6.07, 6.45) is 13.2. The van der Waals surface area contributed by atoms with Gasteiger partial charge in [0.25, 0.3) is 0 Å². The maximum absolute atomic E-state index is 12.5. The number of phenolic OH excluding ortho intramolecular Hbond substituents is 2. The monoisotopic (exact) mass is 1660 g/mol. The number of rotatable bonds is 24. The third kappa shape index (κ3) is 20.4. The molecule has 1 unspecified atom stereocenters. The summed E-state index contributed by atoms with van der Waals surface area (Å²) in [5.74, 6) is 3.48. The van der Waals surface area contributed by atoms with Gasteiger partial charge >= 0.3 is 18.0 Å². The lowest BCUT2D eigenvalue weighted by Gasteiger charge is -2.42. The molecular weight excluding hydrogens is 1540 g/mol. The van der Waals surface area contributed by atoms with Crippen molar-refractivity contribution in [2.45, 2.75) is 116 Å². The first kappa shape index (κ1) is 85.9. The highest BCUT2D eigenvalue weighted by atomic mass is 32.1. The minimum Gasteiger partial charge on any atom is -0.508 e. The molecule has 9 aromatic rings. The SMILES string of the molecule is C=CC(=O)N1CCN(c2nc(OCCCCCNC(C)C)nc3c2CCN(c2cc(O)cc4ccccc24)C3)CC1.C=CC(=O)N1CCN(c2nc(OC[C@@H]3CCCN3C)nc3c2CCN(c2cccc4ccccc24)C3)CC1CC#N.C=CC(=O)N1CCN(c2nc(OC[C@@H]3CCNC3)nc3c2CCN(c2cc(O)cc4ccccc24)C3)CC1.S. The van der Waals surface area contributed by atoms with Crippen LogP contribution in [0.2, 0.25) is 0 Å². The van der Waals surface area contributed by atoms with E-state index in [1.165, 1.54) is 41.1 Å². The van der Waals surface area contributed by atoms with Crippen LogP contribution in [0.25, 0.3) is 32.3 Å². The van der Waals surface area contributed by atoms with Crippen molar-refractivity contribution < 1.29 is 38.8 Å². The lowest BCUT2D eigenvalue weighted by Crippen LogP contribution is -2.55. The van der Waals surface area contributed by atoms with Gasteiger partial charge in [0.15, 0.2) is 0 Å². The highest BCUT2D eigenvalue weighted by Gasteiger charge is 2.37. The number of piperazine rings is 3. The largest absolute Gasteiger partial charge is 0.508 e. The van der Waals surface area contributed by atoms with Gasteiger partial charge in [-0.25, -0.2) is 0 Å². The molecule has 8 aliphatic heterocycles. The Morgan fingerprint density at radius 3 is 1.50 bits per heavy atom. The number of aromatic hydroxyl groups is 2. The highest BCUT2D eigenvalue weighted by molar-refractivity contribution is 7.59. The van der Waals surface area contributed by atoms with Crippen molar-refractivity contribution in [2.75, 3.05) is 174 Å². The number of phenols is 2. The standard InChI is InChI=1S/C32H37N7O2.C32H42N6O3.C29H34N6O3.H2S/c1-3-30(40)39-19-18-38(20-24(39)13-15-33)31-27-14-17-37(29-12-6-9-23-8-4-5-11-26(23)29)21-28(27)34-32(35-31)41-22-25-10-7-16-36(25)2;1-4-30(40)36-15-17-37(18-16-36)31-27-12-14-38(29-21-25(39)20-24-10-6-7-11-26(24)29)22-28(27)34-32(35-31)41-19-9-5-8-13-33-23(2)3;1-2-27(37)33-11-13-34(14-12-33)28-24-8-10-35(26-16-22(36)15-21-5-3-4-6-23(21)26)18-25(24)31-29(32-28)38-19-20-7-9-30-17-20;/h3-6,8-9,11-12,24-25H,1,7,10,13-14,16-22H2,2H3;4,6-7,10-11,20-21,23,33,39H,1,5,8-9,12-19,22H2,2-3H3;2-6,15-16,20,30,36H,1,7-14,17-19H2;1H2/t24?,25-;;20-;/m0.1./s1. The molecule has 0 aliphatic carbocycles. The number of unbranched alkanes of at least 4 members (excludes halogenated alkanes) is 2. The number of anilines is 6. The predicted molar refractivity (Wildman–Crippen MR) is 482 cm³/mol. The number of aromatic nitrogens is 6. The van der Waals surface area contributed by atoms with E-state index in [9.17, 15) is 29.9 Å². The van der Waals surface area contributed by atoms with Gasteiger partial charge < -0.3 is 84.1 Å². The van der Waals surface area contributed by atoms with Crippen LogP contribution in [0.5, 0.6) is 29.5 Å². The van der Waals surface area contributed by atoms with Gasteiger partial charge in [-0.05, 0) is 137 Å². The molecule has 3 aromatic heterocycles. The summed E-state index contributed by atoms with van der Waals surface area (Å²) in [5, 5.41) is 43.9. The average Bonchev–Trinajstić information content (AvgIpc) is 1.70. The molecule has 11 heterocycles. The fraction of sp³-hybridized carbons (Fsp3) is 0.441. The highest BCUT2D eigenvalue weighted by Crippen LogP contribution is 2.41. The minimum atomic E-state index is -0.225. The molecule has 6 aromatic carbocycles. The third-order valence-electron chi connectivity index (χ3n) is 24.5. The van der Waals surface area contributed by atoms with Gasteiger partial charge in [0.1, 0.15) is 35.6 Å². The van der Waals surface area contributed by atoms with E-state index >= 15 is 0 Å². The van der Waals surface area contributed by atoms with Gasteiger partial charge in [-0.15, -0.1) is 0 Å². The smallest absolute Gasteiger partial charge is 0.318 e. The molecule has 4 N–H and O–H groups in total. The number of benzene rings is 6. The number of hydrogen-bond acceptors (Lipinski definition) is 24. The molecule has 3 atom stereocenters. The van der Waals surface area contributed by atoms with Crippen LogP contribution < -0.4 is 54.2 Å². The van der Waals surface area contributed by atoms with Crippen molar-refractivity contribution in [3.05, 3.63) is 187 Å². The third-order valence-corrected chi connectivity index (χ3v) is 24.5. The number of likely N-dealkylation sites (tertiary alicyclic amines) is 1. The van der Waals surface area contributed by atoms with E-state index in [0.29, 0.717) is 147 Å². The Balaban J connectivity index is 0.000000148. The van der Waals surface area contributed by atoms with E-state index in [0.717, 1.165) is 181 Å². The van der Waals surface area contributed by atoms with E-state index in [1.807, 2.05) is 58.3 Å². The van der Waals surface area contributed by atoms with Crippen LogP contribution in [0.3, 0.4) is 0 Å². The maximum Gasteiger partial charge on any atom is 0.318 e. The Morgan fingerprint density at radius 2 is 1.01 bits per heavy atom. The summed E-state index contributed by atoms with van der Waals surface area (Å²) in [6.45, 7) is 32.3. The van der Waals surface area contributed by atoms with Crippen LogP contribution in [0.4, 0.5) is 34.5 Å². The quantitative estimate of drug-likeness (QED) is 0.0323. The Kier molecular flexibility index (Phi) is 28.6. The molecule has 28 heteroatoms. The second-order valence-electron chi connectivity index (χ2n) is 32.7. The fourth-order valence-corrected chi connectivity index (χ4v) is 18.0. The molecule has 0 spiro atoms. The Hall–Kier alpha value is -11.5. The summed E-state index contributed by atoms with van der Waals surface area (Å²) < 4.78 is 18.6. The predicted octanol–water partition coefficient (Wildman–Crippen LogP) is 10.9. The van der Waals surface area contributed by atoms with Crippen LogP contribution in [0.1, 0.15) is 92.6 Å². The van der Waals surface area contributed by atoms with Gasteiger partial charge in [-0.2, -0.15) is 48.7 Å². The molecule has 0 bridgehead atoms. The second kappa shape index (κ2) is 40.2. The van der Waals surface area contributed by atoms with Gasteiger partial charge in [0, 0.05) is 178 Å². The van der Waals surface area contributed by atoms with Crippen molar-refractivity contribution >= 4 is 98.1 Å². The summed E-state index contributed by atoms with van der Waals surface area (Å²) >= 11 is 0. The van der Waals surface area contributed by atoms with Crippen LogP contribution in [0, 0.1) is 17.2 Å². The number of amides is 3. The van der Waals surface area contributed by atoms with Crippen LogP contribution in [-0.2, 0) is 53.3 Å². The molecule has 0 saturated carbocycles. The normalized spacial score (nSPS) is 18.4. The fourth-order valence-electron chi connectivity index (χ4n) is 18.0. The molecule has 8 aliphatic rings.